The van der Waals surface area contributed by atoms with E-state index in [4.69, 9.17) is 14.7 Å². The lowest BCUT2D eigenvalue weighted by atomic mass is 10.1. The summed E-state index contributed by atoms with van der Waals surface area (Å²) in [6.45, 7) is 3.55. The van der Waals surface area contributed by atoms with Gasteiger partial charge in [0, 0.05) is 62.1 Å². The molecule has 9 heteroatoms. The number of methoxy groups -OCH3 is 1. The van der Waals surface area contributed by atoms with E-state index in [-0.39, 0.29) is 10.6 Å². The highest BCUT2D eigenvalue weighted by Gasteiger charge is 2.24. The van der Waals surface area contributed by atoms with E-state index in [9.17, 15) is 10.1 Å². The number of hydrogen-bond donors (Lipinski definition) is 0. The predicted octanol–water partition coefficient (Wildman–Crippen LogP) is 4.74. The molecule has 0 amide bonds. The average Bonchev–Trinajstić information content (AvgIpc) is 3.28. The SMILES string of the molecule is COCc1nc(N2CCN(c3ccc([N+](=O)[O-])cc3)CC2)c2c(-c3ccccc3)csc2n1. The van der Waals surface area contributed by atoms with Crippen LogP contribution in [0.5, 0.6) is 0 Å². The van der Waals surface area contributed by atoms with Crippen LogP contribution in [0.15, 0.2) is 60.0 Å². The minimum atomic E-state index is -0.370. The van der Waals surface area contributed by atoms with E-state index in [1.807, 2.05) is 30.3 Å². The highest BCUT2D eigenvalue weighted by molar-refractivity contribution is 7.17. The molecule has 3 heterocycles. The number of anilines is 2. The van der Waals surface area contributed by atoms with E-state index in [0.717, 1.165) is 59.0 Å². The van der Waals surface area contributed by atoms with Crippen molar-refractivity contribution >= 4 is 38.7 Å². The number of nitrogens with zero attached hydrogens (tertiary/aromatic N) is 5. The second-order valence-corrected chi connectivity index (χ2v) is 8.70. The third kappa shape index (κ3) is 4.24. The molecule has 0 saturated carbocycles. The maximum absolute atomic E-state index is 10.9. The van der Waals surface area contributed by atoms with E-state index in [0.29, 0.717) is 12.4 Å². The standard InChI is InChI=1S/C24H23N5O3S/c1-32-15-21-25-23(22-20(16-33-24(22)26-21)17-5-3-2-4-6-17)28-13-11-27(12-14-28)18-7-9-19(10-8-18)29(30)31/h2-10,16H,11-15H2,1H3. The van der Waals surface area contributed by atoms with Crippen molar-refractivity contribution in [3.05, 3.63) is 75.9 Å². The lowest BCUT2D eigenvalue weighted by Gasteiger charge is -2.37. The Hall–Kier alpha value is -3.56. The second kappa shape index (κ2) is 9.13. The first-order valence-electron chi connectivity index (χ1n) is 10.7. The Morgan fingerprint density at radius 3 is 2.36 bits per heavy atom. The molecule has 1 aliphatic heterocycles. The van der Waals surface area contributed by atoms with Crippen LogP contribution in [0, 0.1) is 10.1 Å². The van der Waals surface area contributed by atoms with E-state index in [1.165, 1.54) is 0 Å². The molecule has 0 atom stereocenters. The maximum Gasteiger partial charge on any atom is 0.269 e. The van der Waals surface area contributed by atoms with Gasteiger partial charge >= 0.3 is 0 Å². The number of piperazine rings is 1. The number of thiophene rings is 1. The molecule has 168 valence electrons. The molecule has 1 fully saturated rings. The lowest BCUT2D eigenvalue weighted by molar-refractivity contribution is -0.384. The van der Waals surface area contributed by atoms with Crippen molar-refractivity contribution in [2.24, 2.45) is 0 Å². The molecule has 33 heavy (non-hydrogen) atoms. The molecule has 0 spiro atoms. The van der Waals surface area contributed by atoms with Gasteiger partial charge in [-0.05, 0) is 17.7 Å². The van der Waals surface area contributed by atoms with Gasteiger partial charge in [-0.25, -0.2) is 9.97 Å². The quantitative estimate of drug-likeness (QED) is 0.303. The fourth-order valence-corrected chi connectivity index (χ4v) is 5.14. The van der Waals surface area contributed by atoms with Gasteiger partial charge < -0.3 is 14.5 Å². The van der Waals surface area contributed by atoms with Crippen LogP contribution >= 0.6 is 11.3 Å². The fourth-order valence-electron chi connectivity index (χ4n) is 4.18. The minimum Gasteiger partial charge on any atom is -0.377 e. The van der Waals surface area contributed by atoms with E-state index < -0.39 is 0 Å². The summed E-state index contributed by atoms with van der Waals surface area (Å²) in [4.78, 5) is 25.7. The van der Waals surface area contributed by atoms with Crippen LogP contribution in [0.1, 0.15) is 5.82 Å². The molecule has 0 radical (unpaired) electrons. The third-order valence-corrected chi connectivity index (χ3v) is 6.70. The summed E-state index contributed by atoms with van der Waals surface area (Å²) in [5.41, 5.74) is 3.40. The van der Waals surface area contributed by atoms with E-state index in [1.54, 1.807) is 30.6 Å². The Balaban J connectivity index is 1.45. The number of fused-ring (bicyclic) bond motifs is 1. The molecule has 0 N–H and O–H groups in total. The summed E-state index contributed by atoms with van der Waals surface area (Å²) in [6, 6.07) is 17.1. The number of nitro groups is 1. The summed E-state index contributed by atoms with van der Waals surface area (Å²) in [5.74, 6) is 1.62. The van der Waals surface area contributed by atoms with Crippen molar-refractivity contribution in [2.75, 3.05) is 43.1 Å². The highest BCUT2D eigenvalue weighted by Crippen LogP contribution is 2.38. The van der Waals surface area contributed by atoms with Crippen LogP contribution in [0.3, 0.4) is 0 Å². The van der Waals surface area contributed by atoms with Crippen LogP contribution in [-0.4, -0.2) is 48.2 Å². The number of hydrogen-bond acceptors (Lipinski definition) is 8. The van der Waals surface area contributed by atoms with Gasteiger partial charge in [-0.1, -0.05) is 30.3 Å². The first-order chi connectivity index (χ1) is 16.1. The summed E-state index contributed by atoms with van der Waals surface area (Å²) < 4.78 is 5.32. The van der Waals surface area contributed by atoms with Crippen molar-refractivity contribution in [1.82, 2.24) is 9.97 Å². The first-order valence-corrected chi connectivity index (χ1v) is 11.6. The van der Waals surface area contributed by atoms with Gasteiger partial charge in [-0.2, -0.15) is 0 Å². The summed E-state index contributed by atoms with van der Waals surface area (Å²) in [6.07, 6.45) is 0. The van der Waals surface area contributed by atoms with Crippen LogP contribution in [0.2, 0.25) is 0 Å². The molecule has 2 aromatic carbocycles. The van der Waals surface area contributed by atoms with Crippen molar-refractivity contribution < 1.29 is 9.66 Å². The number of rotatable bonds is 6. The zero-order valence-electron chi connectivity index (χ0n) is 18.2. The van der Waals surface area contributed by atoms with Gasteiger partial charge in [0.25, 0.3) is 5.69 Å². The number of aromatic nitrogens is 2. The van der Waals surface area contributed by atoms with Gasteiger partial charge in [0.15, 0.2) is 5.82 Å². The Bertz CT molecular complexity index is 1270. The molecular weight excluding hydrogens is 438 g/mol. The van der Waals surface area contributed by atoms with Gasteiger partial charge in [0.05, 0.1) is 10.3 Å². The highest BCUT2D eigenvalue weighted by atomic mass is 32.1. The minimum absolute atomic E-state index is 0.109. The Kier molecular flexibility index (Phi) is 5.89. The zero-order chi connectivity index (χ0) is 22.8. The van der Waals surface area contributed by atoms with Crippen molar-refractivity contribution in [2.45, 2.75) is 6.61 Å². The monoisotopic (exact) mass is 461 g/mol. The Morgan fingerprint density at radius 2 is 1.70 bits per heavy atom. The molecule has 0 unspecified atom stereocenters. The molecule has 2 aromatic heterocycles. The van der Waals surface area contributed by atoms with Crippen molar-refractivity contribution in [1.29, 1.82) is 0 Å². The molecule has 0 aliphatic carbocycles. The van der Waals surface area contributed by atoms with Crippen LogP contribution < -0.4 is 9.80 Å². The van der Waals surface area contributed by atoms with Gasteiger partial charge in [0.1, 0.15) is 17.3 Å². The molecule has 5 rings (SSSR count). The van der Waals surface area contributed by atoms with Crippen molar-refractivity contribution in [3.63, 3.8) is 0 Å². The molecule has 1 saturated heterocycles. The molecule has 8 nitrogen and oxygen atoms in total. The van der Waals surface area contributed by atoms with Gasteiger partial charge in [-0.3, -0.25) is 10.1 Å². The van der Waals surface area contributed by atoms with Gasteiger partial charge in [-0.15, -0.1) is 11.3 Å². The largest absolute Gasteiger partial charge is 0.377 e. The van der Waals surface area contributed by atoms with Crippen LogP contribution in [0.4, 0.5) is 17.2 Å². The molecule has 0 bridgehead atoms. The Labute approximate surface area is 195 Å². The topological polar surface area (TPSA) is 84.6 Å². The predicted molar refractivity (Wildman–Crippen MR) is 131 cm³/mol. The number of non-ortho nitro benzene ring substituents is 1. The molecule has 4 aromatic rings. The Morgan fingerprint density at radius 1 is 1.00 bits per heavy atom. The smallest absolute Gasteiger partial charge is 0.269 e. The third-order valence-electron chi connectivity index (χ3n) is 5.82. The zero-order valence-corrected chi connectivity index (χ0v) is 19.0. The van der Waals surface area contributed by atoms with Crippen molar-refractivity contribution in [3.8, 4) is 11.1 Å². The maximum atomic E-state index is 10.9. The lowest BCUT2D eigenvalue weighted by Crippen LogP contribution is -2.47. The summed E-state index contributed by atoms with van der Waals surface area (Å²) in [5, 5.41) is 14.2. The normalized spacial score (nSPS) is 14.1. The fraction of sp³-hybridized carbons (Fsp3) is 0.250. The van der Waals surface area contributed by atoms with E-state index >= 15 is 0 Å². The van der Waals surface area contributed by atoms with E-state index in [2.05, 4.69) is 27.3 Å². The average molecular weight is 462 g/mol. The van der Waals surface area contributed by atoms with Crippen LogP contribution in [0.25, 0.3) is 21.3 Å². The second-order valence-electron chi connectivity index (χ2n) is 7.84. The number of benzene rings is 2. The summed E-state index contributed by atoms with van der Waals surface area (Å²) >= 11 is 1.63. The first kappa shape index (κ1) is 21.3. The summed E-state index contributed by atoms with van der Waals surface area (Å²) in [7, 11) is 1.65. The molecular formula is C24H23N5O3S. The molecule has 1 aliphatic rings. The van der Waals surface area contributed by atoms with Gasteiger partial charge in [0.2, 0.25) is 0 Å². The van der Waals surface area contributed by atoms with Crippen LogP contribution in [-0.2, 0) is 11.3 Å². The number of ether oxygens (including phenoxy) is 1. The number of nitro benzene ring substituents is 1.